The third-order valence-corrected chi connectivity index (χ3v) is 7.44. The minimum absolute atomic E-state index is 0.0894. The number of benzene rings is 1. The van der Waals surface area contributed by atoms with Crippen LogP contribution in [0.5, 0.6) is 0 Å². The number of carbonyl (C=O) groups excluding carboxylic acids is 1. The molecule has 1 heterocycles. The van der Waals surface area contributed by atoms with Crippen molar-refractivity contribution < 1.29 is 23.1 Å². The van der Waals surface area contributed by atoms with Crippen molar-refractivity contribution in [2.45, 2.75) is 71.2 Å². The zero-order valence-corrected chi connectivity index (χ0v) is 23.2. The van der Waals surface area contributed by atoms with E-state index in [1.165, 1.54) is 12.2 Å². The molecule has 5 nitrogen and oxygen atoms in total. The highest BCUT2D eigenvalue weighted by Gasteiger charge is 2.32. The number of nitrogens with zero attached hydrogens (tertiary/aromatic N) is 3. The first kappa shape index (κ1) is 30.0. The lowest BCUT2D eigenvalue weighted by Crippen LogP contribution is -2.45. The van der Waals surface area contributed by atoms with E-state index in [1.807, 2.05) is 32.2 Å². The molecular formula is C30H42F3N3O2. The summed E-state index contributed by atoms with van der Waals surface area (Å²) in [6.45, 7) is 10.4. The fraction of sp³-hybridized carbons (Fsp3) is 0.567. The summed E-state index contributed by atoms with van der Waals surface area (Å²) in [5, 5.41) is 10.2. The van der Waals surface area contributed by atoms with Gasteiger partial charge in [-0.05, 0) is 69.3 Å². The molecule has 1 aromatic carbocycles. The Hall–Kier alpha value is -2.58. The second kappa shape index (κ2) is 13.0. The third kappa shape index (κ3) is 8.73. The van der Waals surface area contributed by atoms with Crippen molar-refractivity contribution in [3.63, 3.8) is 0 Å². The van der Waals surface area contributed by atoms with Crippen LogP contribution in [0.2, 0.25) is 0 Å². The van der Waals surface area contributed by atoms with Crippen molar-refractivity contribution in [3.8, 4) is 0 Å². The number of rotatable bonds is 10. The molecule has 1 N–H and O–H groups in total. The van der Waals surface area contributed by atoms with Crippen LogP contribution in [0.3, 0.4) is 0 Å². The van der Waals surface area contributed by atoms with Gasteiger partial charge < -0.3 is 14.9 Å². The number of carbonyl (C=O) groups is 1. The molecule has 1 saturated heterocycles. The normalized spacial score (nSPS) is 17.2. The molecule has 0 unspecified atom stereocenters. The van der Waals surface area contributed by atoms with E-state index in [2.05, 4.69) is 9.80 Å². The first-order chi connectivity index (χ1) is 17.8. The van der Waals surface area contributed by atoms with Gasteiger partial charge in [0.05, 0.1) is 5.60 Å². The minimum Gasteiger partial charge on any atom is -0.386 e. The van der Waals surface area contributed by atoms with Crippen LogP contribution in [-0.4, -0.2) is 71.7 Å². The van der Waals surface area contributed by atoms with Crippen LogP contribution < -0.4 is 0 Å². The largest absolute Gasteiger partial charge is 0.412 e. The number of allylic oxidation sites excluding steroid dienone is 5. The smallest absolute Gasteiger partial charge is 0.386 e. The maximum absolute atomic E-state index is 13.0. The summed E-state index contributed by atoms with van der Waals surface area (Å²) in [7, 11) is 1.84. The molecule has 1 amide bonds. The van der Waals surface area contributed by atoms with Gasteiger partial charge in [-0.15, -0.1) is 0 Å². The fourth-order valence-corrected chi connectivity index (χ4v) is 4.86. The Morgan fingerprint density at radius 3 is 2.42 bits per heavy atom. The first-order valence-electron chi connectivity index (χ1n) is 13.5. The molecule has 3 rings (SSSR count). The Bertz CT molecular complexity index is 1050. The average molecular weight is 534 g/mol. The Labute approximate surface area is 225 Å². The van der Waals surface area contributed by atoms with Crippen LogP contribution in [0, 0.1) is 6.92 Å². The monoisotopic (exact) mass is 533 g/mol. The van der Waals surface area contributed by atoms with Gasteiger partial charge in [-0.2, -0.15) is 13.2 Å². The van der Waals surface area contributed by atoms with Gasteiger partial charge in [-0.25, -0.2) is 0 Å². The topological polar surface area (TPSA) is 47.0 Å². The minimum atomic E-state index is -4.28. The molecule has 8 heteroatoms. The van der Waals surface area contributed by atoms with E-state index in [4.69, 9.17) is 0 Å². The summed E-state index contributed by atoms with van der Waals surface area (Å²) < 4.78 is 38.9. The van der Waals surface area contributed by atoms with Crippen molar-refractivity contribution in [2.24, 2.45) is 0 Å². The Morgan fingerprint density at radius 2 is 1.79 bits per heavy atom. The van der Waals surface area contributed by atoms with Crippen LogP contribution in [-0.2, 0) is 16.9 Å². The highest BCUT2D eigenvalue weighted by atomic mass is 19.4. The predicted molar refractivity (Wildman–Crippen MR) is 145 cm³/mol. The molecule has 1 aliphatic heterocycles. The number of unbranched alkanes of at least 4 members (excludes halogenated alkanes) is 2. The maximum Gasteiger partial charge on any atom is 0.412 e. The van der Waals surface area contributed by atoms with Crippen LogP contribution in [0.25, 0.3) is 0 Å². The number of aliphatic hydroxyl groups is 1. The quantitative estimate of drug-likeness (QED) is 0.393. The number of halogens is 3. The maximum atomic E-state index is 13.0. The molecule has 0 aromatic heterocycles. The zero-order chi connectivity index (χ0) is 27.9. The average Bonchev–Trinajstić information content (AvgIpc) is 3.11. The molecule has 1 aliphatic carbocycles. The molecule has 38 heavy (non-hydrogen) atoms. The molecule has 0 bridgehead atoms. The second-order valence-corrected chi connectivity index (χ2v) is 11.0. The molecule has 0 saturated carbocycles. The van der Waals surface area contributed by atoms with E-state index in [-0.39, 0.29) is 12.3 Å². The molecule has 2 aliphatic rings. The third-order valence-electron chi connectivity index (χ3n) is 7.44. The lowest BCUT2D eigenvalue weighted by Gasteiger charge is -2.36. The molecule has 1 aromatic rings. The molecule has 210 valence electrons. The molecular weight excluding hydrogens is 491 g/mol. The van der Waals surface area contributed by atoms with Gasteiger partial charge in [0.1, 0.15) is 0 Å². The standard InChI is InChI=1S/C30H42F3N3O2/c1-23-21-26(29(2,3)38)13-12-24(23)22-34(4)28(37)11-6-5-7-16-35-17-19-36(20-18-35)27-10-8-9-25(14-15-27)30(31,32)33/h8-10,12-13,15,21,38H,5-7,11,14,16-20,22H2,1-4H3. The summed E-state index contributed by atoms with van der Waals surface area (Å²) in [5.41, 5.74) is 2.49. The van der Waals surface area contributed by atoms with Gasteiger partial charge in [0.2, 0.25) is 5.91 Å². The van der Waals surface area contributed by atoms with Crippen molar-refractivity contribution in [1.29, 1.82) is 0 Å². The van der Waals surface area contributed by atoms with Gasteiger partial charge in [0.25, 0.3) is 0 Å². The lowest BCUT2D eigenvalue weighted by molar-refractivity contribution is -0.130. The Kier molecular flexibility index (Phi) is 10.2. The van der Waals surface area contributed by atoms with Gasteiger partial charge in [0, 0.05) is 57.5 Å². The summed E-state index contributed by atoms with van der Waals surface area (Å²) >= 11 is 0. The second-order valence-electron chi connectivity index (χ2n) is 11.0. The number of hydrogen-bond acceptors (Lipinski definition) is 4. The number of piperazine rings is 1. The van der Waals surface area contributed by atoms with E-state index < -0.39 is 17.4 Å². The van der Waals surface area contributed by atoms with E-state index in [1.54, 1.807) is 30.9 Å². The summed E-state index contributed by atoms with van der Waals surface area (Å²) in [5.74, 6) is 0.137. The van der Waals surface area contributed by atoms with Crippen molar-refractivity contribution in [1.82, 2.24) is 14.7 Å². The zero-order valence-electron chi connectivity index (χ0n) is 23.2. The van der Waals surface area contributed by atoms with Gasteiger partial charge in [-0.1, -0.05) is 42.8 Å². The lowest BCUT2D eigenvalue weighted by atomic mass is 9.94. The van der Waals surface area contributed by atoms with Crippen molar-refractivity contribution in [3.05, 3.63) is 70.5 Å². The van der Waals surface area contributed by atoms with Crippen LogP contribution >= 0.6 is 0 Å². The SMILES string of the molecule is Cc1cc(C(C)(C)O)ccc1CN(C)C(=O)CCCCCN1CCN(C2=CCC(C(F)(F)F)=CC=C2)CC1. The van der Waals surface area contributed by atoms with E-state index >= 15 is 0 Å². The van der Waals surface area contributed by atoms with E-state index in [0.29, 0.717) is 13.0 Å². The van der Waals surface area contributed by atoms with E-state index in [0.717, 1.165) is 74.4 Å². The van der Waals surface area contributed by atoms with Crippen molar-refractivity contribution in [2.75, 3.05) is 39.8 Å². The summed E-state index contributed by atoms with van der Waals surface area (Å²) in [4.78, 5) is 19.0. The summed E-state index contributed by atoms with van der Waals surface area (Å²) in [6, 6.07) is 5.90. The molecule has 0 radical (unpaired) electrons. The summed E-state index contributed by atoms with van der Waals surface area (Å²) in [6.07, 6.45) is 5.14. The fourth-order valence-electron chi connectivity index (χ4n) is 4.86. The van der Waals surface area contributed by atoms with E-state index in [9.17, 15) is 23.1 Å². The highest BCUT2D eigenvalue weighted by Crippen LogP contribution is 2.30. The predicted octanol–water partition coefficient (Wildman–Crippen LogP) is 5.69. The number of alkyl halides is 3. The highest BCUT2D eigenvalue weighted by molar-refractivity contribution is 5.75. The number of hydrogen-bond donors (Lipinski definition) is 1. The van der Waals surface area contributed by atoms with Crippen LogP contribution in [0.4, 0.5) is 13.2 Å². The van der Waals surface area contributed by atoms with Gasteiger partial charge >= 0.3 is 6.18 Å². The molecule has 1 fully saturated rings. The first-order valence-corrected chi connectivity index (χ1v) is 13.5. The van der Waals surface area contributed by atoms with Gasteiger partial charge in [-0.3, -0.25) is 9.69 Å². The number of aryl methyl sites for hydroxylation is 1. The molecule has 0 atom stereocenters. The van der Waals surface area contributed by atoms with Crippen LogP contribution in [0.15, 0.2) is 53.8 Å². The molecule has 0 spiro atoms. The van der Waals surface area contributed by atoms with Gasteiger partial charge in [0.15, 0.2) is 0 Å². The number of amides is 1. The Balaban J connectivity index is 1.32. The Morgan fingerprint density at radius 1 is 1.08 bits per heavy atom. The van der Waals surface area contributed by atoms with Crippen LogP contribution in [0.1, 0.15) is 62.6 Å². The van der Waals surface area contributed by atoms with Crippen molar-refractivity contribution >= 4 is 5.91 Å².